The summed E-state index contributed by atoms with van der Waals surface area (Å²) >= 11 is 0. The highest BCUT2D eigenvalue weighted by atomic mass is 16.4. The molecule has 3 N–H and O–H groups in total. The van der Waals surface area contributed by atoms with Crippen molar-refractivity contribution in [2.75, 3.05) is 6.61 Å². The van der Waals surface area contributed by atoms with Crippen molar-refractivity contribution in [1.29, 1.82) is 0 Å². The Morgan fingerprint density at radius 3 is 1.04 bits per heavy atom. The van der Waals surface area contributed by atoms with Gasteiger partial charge in [-0.3, -0.25) is 0 Å². The Kier molecular flexibility index (Phi) is 25.4. The summed E-state index contributed by atoms with van der Waals surface area (Å²) in [6.45, 7) is 2.66. The summed E-state index contributed by atoms with van der Waals surface area (Å²) < 4.78 is 0. The third-order valence-corrected chi connectivity index (χ3v) is 4.38. The third-order valence-electron chi connectivity index (χ3n) is 4.38. The fourth-order valence-corrected chi connectivity index (χ4v) is 2.80. The molecule has 0 saturated heterocycles. The highest BCUT2D eigenvalue weighted by Gasteiger charge is 1.94. The van der Waals surface area contributed by atoms with Crippen LogP contribution in [0, 0.1) is 0 Å². The molecule has 0 aliphatic rings. The van der Waals surface area contributed by atoms with Crippen molar-refractivity contribution in [2.45, 2.75) is 110 Å². The lowest BCUT2D eigenvalue weighted by atomic mass is 10.0. The van der Waals surface area contributed by atoms with Crippen LogP contribution in [0.1, 0.15) is 110 Å². The Morgan fingerprint density at radius 1 is 0.556 bits per heavy atom. The van der Waals surface area contributed by atoms with E-state index in [2.05, 4.69) is 6.92 Å². The second-order valence-electron chi connectivity index (χ2n) is 7.04. The van der Waals surface area contributed by atoms with Gasteiger partial charge in [-0.1, -0.05) is 103 Å². The van der Waals surface area contributed by atoms with E-state index >= 15 is 0 Å². The maximum Gasteiger partial charge on any atom is 0.328 e. The van der Waals surface area contributed by atoms with Gasteiger partial charge < -0.3 is 15.3 Å². The molecule has 0 aromatic carbocycles. The van der Waals surface area contributed by atoms with Gasteiger partial charge in [0.1, 0.15) is 0 Å². The van der Waals surface area contributed by atoms with Crippen LogP contribution in [0.3, 0.4) is 0 Å². The minimum atomic E-state index is -1.26. The molecule has 0 fully saturated rings. The molecule has 0 unspecified atom stereocenters. The molecule has 0 rings (SSSR count). The number of hydrogen-bond acceptors (Lipinski definition) is 3. The average Bonchev–Trinajstić information content (AvgIpc) is 2.64. The minimum Gasteiger partial charge on any atom is -0.478 e. The zero-order valence-electron chi connectivity index (χ0n) is 17.3. The Morgan fingerprint density at radius 2 is 0.815 bits per heavy atom. The number of carbonyl (C=O) groups is 2. The highest BCUT2D eigenvalue weighted by Crippen LogP contribution is 2.13. The topological polar surface area (TPSA) is 94.8 Å². The Labute approximate surface area is 165 Å². The molecular weight excluding hydrogens is 344 g/mol. The van der Waals surface area contributed by atoms with Crippen LogP contribution in [0.15, 0.2) is 12.2 Å². The fourth-order valence-electron chi connectivity index (χ4n) is 2.80. The lowest BCUT2D eigenvalue weighted by molar-refractivity contribution is -0.134. The number of carboxylic acids is 2. The van der Waals surface area contributed by atoms with Crippen LogP contribution in [-0.4, -0.2) is 33.9 Å². The van der Waals surface area contributed by atoms with Crippen LogP contribution in [0.4, 0.5) is 0 Å². The highest BCUT2D eigenvalue weighted by molar-refractivity contribution is 5.89. The van der Waals surface area contributed by atoms with Gasteiger partial charge in [-0.05, 0) is 6.42 Å². The first kappa shape index (κ1) is 27.9. The summed E-state index contributed by atoms with van der Waals surface area (Å²) in [5, 5.41) is 24.3. The molecule has 0 saturated carbocycles. The van der Waals surface area contributed by atoms with Crippen molar-refractivity contribution < 1.29 is 24.9 Å². The van der Waals surface area contributed by atoms with Crippen LogP contribution < -0.4 is 0 Å². The largest absolute Gasteiger partial charge is 0.478 e. The average molecular weight is 387 g/mol. The molecule has 0 aliphatic heterocycles. The molecule has 0 aliphatic carbocycles. The molecule has 0 atom stereocenters. The van der Waals surface area contributed by atoms with Crippen LogP contribution in [0.5, 0.6) is 0 Å². The van der Waals surface area contributed by atoms with Crippen LogP contribution in [0.25, 0.3) is 0 Å². The monoisotopic (exact) mass is 386 g/mol. The van der Waals surface area contributed by atoms with E-state index in [4.69, 9.17) is 15.3 Å². The van der Waals surface area contributed by atoms with Crippen LogP contribution in [-0.2, 0) is 9.59 Å². The number of aliphatic hydroxyl groups excluding tert-OH is 1. The molecular formula is C22H42O5. The zero-order chi connectivity index (χ0) is 20.6. The number of aliphatic carboxylic acids is 2. The first-order chi connectivity index (χ1) is 13.0. The molecule has 0 aromatic rings. The number of aliphatic hydroxyl groups is 1. The number of carboxylic acid groups (broad SMARTS) is 2. The SMILES string of the molecule is CCCCCCCCCCCCCCCCCCO.O=C(O)/C=C/C(=O)O. The zero-order valence-corrected chi connectivity index (χ0v) is 17.3. The third kappa shape index (κ3) is 32.7. The quantitative estimate of drug-likeness (QED) is 0.200. The lowest BCUT2D eigenvalue weighted by Crippen LogP contribution is -1.91. The van der Waals surface area contributed by atoms with E-state index in [0.29, 0.717) is 18.8 Å². The second-order valence-corrected chi connectivity index (χ2v) is 7.04. The van der Waals surface area contributed by atoms with Crippen molar-refractivity contribution in [3.8, 4) is 0 Å². The van der Waals surface area contributed by atoms with E-state index < -0.39 is 11.9 Å². The molecule has 5 nitrogen and oxygen atoms in total. The van der Waals surface area contributed by atoms with E-state index in [1.54, 1.807) is 0 Å². The fraction of sp³-hybridized carbons (Fsp3) is 0.818. The summed E-state index contributed by atoms with van der Waals surface area (Å²) in [5.41, 5.74) is 0. The van der Waals surface area contributed by atoms with Gasteiger partial charge in [0, 0.05) is 18.8 Å². The van der Waals surface area contributed by atoms with Gasteiger partial charge in [-0.15, -0.1) is 0 Å². The maximum absolute atomic E-state index is 9.55. The molecule has 0 amide bonds. The standard InChI is InChI=1S/C18H38O.C4H4O4/c1-2-3-4-5-6-7-8-9-10-11-12-13-14-15-16-17-18-19;5-3(6)1-2-4(7)8/h19H,2-18H2,1H3;1-2H,(H,5,6)(H,7,8)/b;2-1+. The van der Waals surface area contributed by atoms with Crippen LogP contribution in [0.2, 0.25) is 0 Å². The molecule has 0 heterocycles. The van der Waals surface area contributed by atoms with Gasteiger partial charge in [0.15, 0.2) is 0 Å². The molecule has 0 bridgehead atoms. The lowest BCUT2D eigenvalue weighted by Gasteiger charge is -2.03. The van der Waals surface area contributed by atoms with Crippen molar-refractivity contribution in [2.24, 2.45) is 0 Å². The number of hydrogen-bond donors (Lipinski definition) is 3. The summed E-state index contributed by atoms with van der Waals surface area (Å²) in [4.78, 5) is 19.1. The Balaban J connectivity index is 0. The number of rotatable bonds is 18. The summed E-state index contributed by atoms with van der Waals surface area (Å²) in [7, 11) is 0. The van der Waals surface area contributed by atoms with Crippen LogP contribution >= 0.6 is 0 Å². The van der Waals surface area contributed by atoms with E-state index in [1.807, 2.05) is 0 Å². The van der Waals surface area contributed by atoms with Crippen molar-refractivity contribution in [3.63, 3.8) is 0 Å². The minimum absolute atomic E-state index is 0.373. The van der Waals surface area contributed by atoms with Gasteiger partial charge in [-0.2, -0.15) is 0 Å². The first-order valence-electron chi connectivity index (χ1n) is 10.8. The molecule has 0 radical (unpaired) electrons. The Bertz CT molecular complexity index is 321. The van der Waals surface area contributed by atoms with Crippen molar-refractivity contribution >= 4 is 11.9 Å². The van der Waals surface area contributed by atoms with Gasteiger partial charge in [0.2, 0.25) is 0 Å². The summed E-state index contributed by atoms with van der Waals surface area (Å²) in [6.07, 6.45) is 23.3. The maximum atomic E-state index is 9.55. The van der Waals surface area contributed by atoms with Gasteiger partial charge in [0.05, 0.1) is 0 Å². The Hall–Kier alpha value is -1.36. The normalized spacial score (nSPS) is 10.6. The van der Waals surface area contributed by atoms with Gasteiger partial charge in [-0.25, -0.2) is 9.59 Å². The van der Waals surface area contributed by atoms with E-state index in [1.165, 1.54) is 96.3 Å². The predicted octanol–water partition coefficient (Wildman–Crippen LogP) is 5.95. The smallest absolute Gasteiger partial charge is 0.328 e. The molecule has 5 heteroatoms. The summed E-state index contributed by atoms with van der Waals surface area (Å²) in [5.74, 6) is -2.51. The molecule has 27 heavy (non-hydrogen) atoms. The van der Waals surface area contributed by atoms with E-state index in [-0.39, 0.29) is 0 Å². The molecule has 0 aromatic heterocycles. The van der Waals surface area contributed by atoms with Crippen molar-refractivity contribution in [3.05, 3.63) is 12.2 Å². The molecule has 160 valence electrons. The summed E-state index contributed by atoms with van der Waals surface area (Å²) in [6, 6.07) is 0. The van der Waals surface area contributed by atoms with E-state index in [9.17, 15) is 9.59 Å². The van der Waals surface area contributed by atoms with E-state index in [0.717, 1.165) is 6.42 Å². The molecule has 0 spiro atoms. The second kappa shape index (κ2) is 24.6. The predicted molar refractivity (Wildman–Crippen MR) is 111 cm³/mol. The first-order valence-corrected chi connectivity index (χ1v) is 10.8. The number of unbranched alkanes of at least 4 members (excludes halogenated alkanes) is 15. The van der Waals surface area contributed by atoms with Gasteiger partial charge >= 0.3 is 11.9 Å². The van der Waals surface area contributed by atoms with Crippen molar-refractivity contribution in [1.82, 2.24) is 0 Å². The van der Waals surface area contributed by atoms with Gasteiger partial charge in [0.25, 0.3) is 0 Å².